The molecule has 5 nitrogen and oxygen atoms in total. The lowest BCUT2D eigenvalue weighted by molar-refractivity contribution is -0.139. The molecule has 0 bridgehead atoms. The number of carboxylic acids is 1. The molecule has 0 heterocycles. The number of benzene rings is 1. The van der Waals surface area contributed by atoms with Crippen LogP contribution in [0, 0.1) is 0 Å². The summed E-state index contributed by atoms with van der Waals surface area (Å²) in [6.07, 6.45) is 0. The molecule has 1 fully saturated rings. The van der Waals surface area contributed by atoms with Gasteiger partial charge in [0, 0.05) is 16.7 Å². The number of aliphatic carboxylic acids is 1. The first kappa shape index (κ1) is 14.3. The molecule has 1 aliphatic carbocycles. The molecule has 0 aliphatic heterocycles. The van der Waals surface area contributed by atoms with Gasteiger partial charge in [-0.15, -0.1) is 0 Å². The molecule has 1 aromatic rings. The zero-order valence-electron chi connectivity index (χ0n) is 10.2. The Morgan fingerprint density at radius 3 is 2.37 bits per heavy atom. The van der Waals surface area contributed by atoms with Gasteiger partial charge in [-0.2, -0.15) is 0 Å². The minimum absolute atomic E-state index is 0.131. The van der Waals surface area contributed by atoms with Crippen LogP contribution >= 0.6 is 11.6 Å². The largest absolute Gasteiger partial charge is 0.480 e. The Balaban J connectivity index is 2.45. The van der Waals surface area contributed by atoms with E-state index in [1.54, 1.807) is 24.3 Å². The SMILES string of the molecule is CCS(=O)(=O)[C@@H]1[C@@H](c2ccc(Cl)cc2)[C@@]1(N)C(=O)O. The minimum Gasteiger partial charge on any atom is -0.480 e. The molecule has 3 atom stereocenters. The van der Waals surface area contributed by atoms with Crippen molar-refractivity contribution in [3.05, 3.63) is 34.9 Å². The maximum Gasteiger partial charge on any atom is 0.325 e. The molecule has 7 heteroatoms. The topological polar surface area (TPSA) is 97.5 Å². The van der Waals surface area contributed by atoms with Gasteiger partial charge in [-0.05, 0) is 17.7 Å². The molecule has 104 valence electrons. The van der Waals surface area contributed by atoms with Crippen molar-refractivity contribution >= 4 is 27.4 Å². The van der Waals surface area contributed by atoms with Crippen LogP contribution in [-0.4, -0.2) is 36.0 Å². The average Bonchev–Trinajstić information content (AvgIpc) is 2.99. The van der Waals surface area contributed by atoms with Crippen LogP contribution < -0.4 is 5.73 Å². The van der Waals surface area contributed by atoms with Gasteiger partial charge in [0.15, 0.2) is 9.84 Å². The molecule has 1 aliphatic rings. The molecule has 0 spiro atoms. The van der Waals surface area contributed by atoms with Crippen molar-refractivity contribution < 1.29 is 18.3 Å². The first-order valence-corrected chi connectivity index (χ1v) is 7.83. The molecule has 1 aromatic carbocycles. The van der Waals surface area contributed by atoms with Crippen LogP contribution in [0.2, 0.25) is 5.02 Å². The van der Waals surface area contributed by atoms with Crippen molar-refractivity contribution in [3.63, 3.8) is 0 Å². The van der Waals surface area contributed by atoms with Gasteiger partial charge in [-0.1, -0.05) is 30.7 Å². The molecule has 3 N–H and O–H groups in total. The van der Waals surface area contributed by atoms with E-state index in [-0.39, 0.29) is 5.75 Å². The fourth-order valence-corrected chi connectivity index (χ4v) is 4.48. The Hall–Kier alpha value is -1.11. The van der Waals surface area contributed by atoms with Crippen molar-refractivity contribution in [2.45, 2.75) is 23.6 Å². The molecule has 0 saturated heterocycles. The van der Waals surface area contributed by atoms with Crippen molar-refractivity contribution in [2.24, 2.45) is 5.73 Å². The number of carboxylic acid groups (broad SMARTS) is 1. The third-order valence-corrected chi connectivity index (χ3v) is 6.06. The van der Waals surface area contributed by atoms with Gasteiger partial charge in [0.25, 0.3) is 0 Å². The van der Waals surface area contributed by atoms with Crippen LogP contribution in [0.25, 0.3) is 0 Å². The zero-order valence-corrected chi connectivity index (χ0v) is 11.8. The van der Waals surface area contributed by atoms with Crippen LogP contribution in [-0.2, 0) is 14.6 Å². The number of hydrogen-bond acceptors (Lipinski definition) is 4. The van der Waals surface area contributed by atoms with E-state index in [0.717, 1.165) is 0 Å². The Morgan fingerprint density at radius 1 is 1.42 bits per heavy atom. The van der Waals surface area contributed by atoms with Gasteiger partial charge in [-0.25, -0.2) is 8.42 Å². The molecular weight excluding hydrogens is 290 g/mol. The third-order valence-electron chi connectivity index (χ3n) is 3.57. The lowest BCUT2D eigenvalue weighted by atomic mass is 10.1. The molecular formula is C12H14ClNO4S. The molecule has 0 unspecified atom stereocenters. The predicted octanol–water partition coefficient (Wildman–Crippen LogP) is 1.02. The van der Waals surface area contributed by atoms with E-state index in [2.05, 4.69) is 0 Å². The van der Waals surface area contributed by atoms with E-state index in [4.69, 9.17) is 17.3 Å². The first-order chi connectivity index (χ1) is 8.75. The Labute approximate surface area is 116 Å². The van der Waals surface area contributed by atoms with Gasteiger partial charge >= 0.3 is 5.97 Å². The average molecular weight is 304 g/mol. The van der Waals surface area contributed by atoms with E-state index in [9.17, 15) is 18.3 Å². The fourth-order valence-electron chi connectivity index (χ4n) is 2.43. The second kappa shape index (κ2) is 4.47. The zero-order chi connectivity index (χ0) is 14.4. The summed E-state index contributed by atoms with van der Waals surface area (Å²) in [5.74, 6) is -2.16. The summed E-state index contributed by atoms with van der Waals surface area (Å²) in [6, 6.07) is 6.41. The molecule has 19 heavy (non-hydrogen) atoms. The summed E-state index contributed by atoms with van der Waals surface area (Å²) in [7, 11) is -3.52. The lowest BCUT2D eigenvalue weighted by Crippen LogP contribution is -2.40. The molecule has 2 rings (SSSR count). The normalized spacial score (nSPS) is 30.1. The number of halogens is 1. The second-order valence-electron chi connectivity index (χ2n) is 4.64. The van der Waals surface area contributed by atoms with Gasteiger partial charge in [-0.3, -0.25) is 4.79 Å². The van der Waals surface area contributed by atoms with E-state index in [1.165, 1.54) is 6.92 Å². The van der Waals surface area contributed by atoms with Crippen LogP contribution in [0.3, 0.4) is 0 Å². The van der Waals surface area contributed by atoms with E-state index in [1.807, 2.05) is 0 Å². The second-order valence-corrected chi connectivity index (χ2v) is 7.49. The summed E-state index contributed by atoms with van der Waals surface area (Å²) in [4.78, 5) is 11.3. The molecule has 0 aromatic heterocycles. The quantitative estimate of drug-likeness (QED) is 0.865. The van der Waals surface area contributed by atoms with Crippen LogP contribution in [0.5, 0.6) is 0 Å². The molecule has 0 amide bonds. The maximum absolute atomic E-state index is 12.0. The standard InChI is InChI=1S/C12H14ClNO4S/c1-2-19(17,18)10-9(12(10,14)11(15)16)7-3-5-8(13)6-4-7/h3-6,9-10H,2,14H2,1H3,(H,15,16)/t9-,10-,12+/m1/s1. The van der Waals surface area contributed by atoms with Gasteiger partial charge in [0.05, 0.1) is 5.25 Å². The highest BCUT2D eigenvalue weighted by atomic mass is 35.5. The lowest BCUT2D eigenvalue weighted by Gasteiger charge is -2.05. The summed E-state index contributed by atoms with van der Waals surface area (Å²) >= 11 is 5.76. The first-order valence-electron chi connectivity index (χ1n) is 5.74. The predicted molar refractivity (Wildman–Crippen MR) is 72.0 cm³/mol. The van der Waals surface area contributed by atoms with Crippen LogP contribution in [0.1, 0.15) is 18.4 Å². The number of hydrogen-bond donors (Lipinski definition) is 2. The summed E-state index contributed by atoms with van der Waals surface area (Å²) in [5, 5.41) is 8.63. The summed E-state index contributed by atoms with van der Waals surface area (Å²) < 4.78 is 23.9. The number of nitrogens with two attached hydrogens (primary N) is 1. The molecule has 1 saturated carbocycles. The van der Waals surface area contributed by atoms with Crippen LogP contribution in [0.15, 0.2) is 24.3 Å². The number of rotatable bonds is 4. The Bertz CT molecular complexity index is 613. The third kappa shape index (κ3) is 2.13. The van der Waals surface area contributed by atoms with E-state index in [0.29, 0.717) is 10.6 Å². The van der Waals surface area contributed by atoms with Crippen molar-refractivity contribution in [3.8, 4) is 0 Å². The smallest absolute Gasteiger partial charge is 0.325 e. The Kier molecular flexibility index (Phi) is 3.36. The van der Waals surface area contributed by atoms with Crippen molar-refractivity contribution in [2.75, 3.05) is 5.75 Å². The van der Waals surface area contributed by atoms with Crippen molar-refractivity contribution in [1.29, 1.82) is 0 Å². The maximum atomic E-state index is 12.0. The summed E-state index contributed by atoms with van der Waals surface area (Å²) in [5.41, 5.74) is 4.63. The minimum atomic E-state index is -3.52. The van der Waals surface area contributed by atoms with E-state index < -0.39 is 32.5 Å². The monoisotopic (exact) mass is 303 g/mol. The van der Waals surface area contributed by atoms with Gasteiger partial charge in [0.1, 0.15) is 5.54 Å². The number of carbonyl (C=O) groups is 1. The van der Waals surface area contributed by atoms with Gasteiger partial charge < -0.3 is 10.8 Å². The summed E-state index contributed by atoms with van der Waals surface area (Å²) in [6.45, 7) is 1.48. The van der Waals surface area contributed by atoms with Gasteiger partial charge in [0.2, 0.25) is 0 Å². The van der Waals surface area contributed by atoms with Crippen LogP contribution in [0.4, 0.5) is 0 Å². The fraction of sp³-hybridized carbons (Fsp3) is 0.417. The van der Waals surface area contributed by atoms with E-state index >= 15 is 0 Å². The van der Waals surface area contributed by atoms with Crippen molar-refractivity contribution in [1.82, 2.24) is 0 Å². The highest BCUT2D eigenvalue weighted by molar-refractivity contribution is 7.92. The highest BCUT2D eigenvalue weighted by Crippen LogP contribution is 2.54. The number of sulfone groups is 1. The molecule has 0 radical (unpaired) electrons. The highest BCUT2D eigenvalue weighted by Gasteiger charge is 2.73. The Morgan fingerprint density at radius 2 is 1.95 bits per heavy atom.